The number of hydrogen-bond donors (Lipinski definition) is 1. The molecule has 8 heteroatoms. The number of hydrogen-bond acceptors (Lipinski definition) is 5. The molecule has 0 aromatic heterocycles. The summed E-state index contributed by atoms with van der Waals surface area (Å²) in [4.78, 5) is 30.2. The van der Waals surface area contributed by atoms with Gasteiger partial charge in [-0.05, 0) is 74.4 Å². The van der Waals surface area contributed by atoms with Crippen LogP contribution in [0.15, 0.2) is 42.0 Å². The maximum Gasteiger partial charge on any atom is 0.295 e. The quantitative estimate of drug-likeness (QED) is 0.286. The number of amides is 1. The number of carbonyl (C=O) groups excluding carboxylic acids is 2. The smallest absolute Gasteiger partial charge is 0.295 e. The maximum absolute atomic E-state index is 13.3. The zero-order valence-electron chi connectivity index (χ0n) is 20.2. The molecule has 1 N–H and O–H groups in total. The van der Waals surface area contributed by atoms with E-state index in [-0.39, 0.29) is 17.4 Å². The Hall–Kier alpha value is -2.54. The Kier molecular flexibility index (Phi) is 7.74. The van der Waals surface area contributed by atoms with Crippen molar-refractivity contribution in [1.82, 2.24) is 9.80 Å². The van der Waals surface area contributed by atoms with E-state index in [0.717, 1.165) is 30.9 Å². The van der Waals surface area contributed by atoms with Gasteiger partial charge in [-0.3, -0.25) is 9.59 Å². The molecule has 0 radical (unpaired) electrons. The van der Waals surface area contributed by atoms with Crippen molar-refractivity contribution in [3.63, 3.8) is 0 Å². The molecule has 2 aromatic rings. The number of aliphatic hydroxyl groups is 1. The molecule has 1 saturated heterocycles. The van der Waals surface area contributed by atoms with Gasteiger partial charge in [-0.2, -0.15) is 0 Å². The van der Waals surface area contributed by atoms with Crippen LogP contribution in [0.1, 0.15) is 49.9 Å². The van der Waals surface area contributed by atoms with E-state index in [9.17, 15) is 14.7 Å². The third kappa shape index (κ3) is 5.06. The van der Waals surface area contributed by atoms with E-state index in [4.69, 9.17) is 27.9 Å². The molecule has 2 aromatic carbocycles. The number of halogens is 2. The largest absolute Gasteiger partial charge is 0.507 e. The molecule has 2 atom stereocenters. The fraction of sp³-hybridized carbons (Fsp3) is 0.407. The van der Waals surface area contributed by atoms with Crippen LogP contribution < -0.4 is 4.74 Å². The highest BCUT2D eigenvalue weighted by atomic mass is 35.5. The van der Waals surface area contributed by atoms with Crippen LogP contribution in [0, 0.1) is 0 Å². The minimum absolute atomic E-state index is 0.0509. The summed E-state index contributed by atoms with van der Waals surface area (Å²) >= 11 is 12.4. The monoisotopic (exact) mass is 516 g/mol. The number of ketones is 1. The minimum Gasteiger partial charge on any atom is -0.507 e. The molecule has 35 heavy (non-hydrogen) atoms. The number of Topliss-reactive ketones (excluding diaryl/α,β-unsaturated/α-hetero) is 1. The zero-order valence-corrected chi connectivity index (χ0v) is 21.7. The Morgan fingerprint density at radius 1 is 1.11 bits per heavy atom. The Bertz CT molecular complexity index is 1180. The molecule has 2 aliphatic heterocycles. The van der Waals surface area contributed by atoms with E-state index in [1.807, 2.05) is 13.0 Å². The van der Waals surface area contributed by atoms with Gasteiger partial charge in [-0.15, -0.1) is 0 Å². The fourth-order valence-electron chi connectivity index (χ4n) is 4.87. The molecule has 2 heterocycles. The van der Waals surface area contributed by atoms with Gasteiger partial charge in [0.25, 0.3) is 11.7 Å². The highest BCUT2D eigenvalue weighted by Crippen LogP contribution is 2.42. The van der Waals surface area contributed by atoms with E-state index in [0.29, 0.717) is 40.6 Å². The van der Waals surface area contributed by atoms with Crippen LogP contribution in [-0.4, -0.2) is 58.9 Å². The number of carbonyl (C=O) groups is 2. The van der Waals surface area contributed by atoms with Crippen molar-refractivity contribution < 1.29 is 19.4 Å². The first-order valence-electron chi connectivity index (χ1n) is 12.0. The molecule has 186 valence electrons. The number of fused-ring (bicyclic) bond motifs is 1. The van der Waals surface area contributed by atoms with Gasteiger partial charge in [0.05, 0.1) is 21.7 Å². The van der Waals surface area contributed by atoms with Crippen LogP contribution >= 0.6 is 23.2 Å². The Labute approximate surface area is 216 Å². The number of ether oxygens (including phenoxy) is 1. The SMILES string of the molecule is CCN(CC)CCCN1C(=O)C(=O)/C(=C(\O)c2ccc3c(c2)CC(C)O3)C1c1ccc(Cl)c(Cl)c1. The molecule has 0 saturated carbocycles. The minimum atomic E-state index is -0.759. The standard InChI is InChI=1S/C27H30Cl2N2O4/c1-4-30(5-2)11-6-12-31-24(17-7-9-20(28)21(29)15-17)23(26(33)27(31)34)25(32)18-8-10-22-19(14-18)13-16(3)35-22/h7-10,14-16,24,32H,4-6,11-13H2,1-3H3/b25-23-. The number of nitrogens with zero attached hydrogens (tertiary/aromatic N) is 2. The Morgan fingerprint density at radius 2 is 1.86 bits per heavy atom. The average Bonchev–Trinajstić information content (AvgIpc) is 3.34. The van der Waals surface area contributed by atoms with Crippen molar-refractivity contribution in [2.45, 2.75) is 45.8 Å². The first-order valence-corrected chi connectivity index (χ1v) is 12.8. The van der Waals surface area contributed by atoms with Crippen LogP contribution in [-0.2, 0) is 16.0 Å². The van der Waals surface area contributed by atoms with Gasteiger partial charge in [0.15, 0.2) is 0 Å². The number of likely N-dealkylation sites (tertiary alicyclic amines) is 1. The van der Waals surface area contributed by atoms with Crippen LogP contribution in [0.2, 0.25) is 10.0 Å². The van der Waals surface area contributed by atoms with Crippen molar-refractivity contribution >= 4 is 40.7 Å². The summed E-state index contributed by atoms with van der Waals surface area (Å²) < 4.78 is 5.76. The third-order valence-electron chi connectivity index (χ3n) is 6.74. The van der Waals surface area contributed by atoms with Crippen LogP contribution in [0.3, 0.4) is 0 Å². The van der Waals surface area contributed by atoms with Gasteiger partial charge >= 0.3 is 0 Å². The second kappa shape index (κ2) is 10.6. The lowest BCUT2D eigenvalue weighted by atomic mass is 9.94. The lowest BCUT2D eigenvalue weighted by Gasteiger charge is -2.27. The van der Waals surface area contributed by atoms with Crippen LogP contribution in [0.4, 0.5) is 0 Å². The molecular weight excluding hydrogens is 487 g/mol. The highest BCUT2D eigenvalue weighted by Gasteiger charge is 2.46. The molecule has 1 fully saturated rings. The lowest BCUT2D eigenvalue weighted by Crippen LogP contribution is -2.33. The number of benzene rings is 2. The van der Waals surface area contributed by atoms with Crippen molar-refractivity contribution in [3.8, 4) is 5.75 Å². The van der Waals surface area contributed by atoms with Gasteiger partial charge in [0.1, 0.15) is 17.6 Å². The molecule has 0 aliphatic carbocycles. The van der Waals surface area contributed by atoms with E-state index >= 15 is 0 Å². The molecule has 2 aliphatic rings. The maximum atomic E-state index is 13.3. The molecule has 1 amide bonds. The van der Waals surface area contributed by atoms with E-state index < -0.39 is 17.7 Å². The predicted molar refractivity (Wildman–Crippen MR) is 138 cm³/mol. The van der Waals surface area contributed by atoms with Gasteiger partial charge in [-0.1, -0.05) is 43.1 Å². The predicted octanol–water partition coefficient (Wildman–Crippen LogP) is 5.47. The first-order chi connectivity index (χ1) is 16.7. The van der Waals surface area contributed by atoms with E-state index in [1.165, 1.54) is 4.90 Å². The molecule has 6 nitrogen and oxygen atoms in total. The Morgan fingerprint density at radius 3 is 2.54 bits per heavy atom. The average molecular weight is 517 g/mol. The second-order valence-corrected chi connectivity index (χ2v) is 9.82. The molecule has 0 bridgehead atoms. The number of aliphatic hydroxyl groups excluding tert-OH is 1. The van der Waals surface area contributed by atoms with Crippen molar-refractivity contribution in [2.75, 3.05) is 26.2 Å². The molecule has 2 unspecified atom stereocenters. The highest BCUT2D eigenvalue weighted by molar-refractivity contribution is 6.46. The fourth-order valence-corrected chi connectivity index (χ4v) is 5.18. The summed E-state index contributed by atoms with van der Waals surface area (Å²) in [7, 11) is 0. The van der Waals surface area contributed by atoms with Gasteiger partial charge in [0, 0.05) is 18.5 Å². The van der Waals surface area contributed by atoms with Crippen LogP contribution in [0.5, 0.6) is 5.75 Å². The van der Waals surface area contributed by atoms with Gasteiger partial charge in [0.2, 0.25) is 0 Å². The van der Waals surface area contributed by atoms with Crippen molar-refractivity contribution in [1.29, 1.82) is 0 Å². The van der Waals surface area contributed by atoms with Gasteiger partial charge < -0.3 is 19.6 Å². The number of rotatable bonds is 8. The second-order valence-electron chi connectivity index (χ2n) is 9.00. The van der Waals surface area contributed by atoms with Crippen molar-refractivity contribution in [3.05, 3.63) is 68.7 Å². The van der Waals surface area contributed by atoms with Gasteiger partial charge in [-0.25, -0.2) is 0 Å². The van der Waals surface area contributed by atoms with E-state index in [1.54, 1.807) is 30.3 Å². The zero-order chi connectivity index (χ0) is 25.3. The topological polar surface area (TPSA) is 70.1 Å². The summed E-state index contributed by atoms with van der Waals surface area (Å²) in [5.41, 5.74) is 2.12. The summed E-state index contributed by atoms with van der Waals surface area (Å²) in [6.45, 7) is 9.15. The summed E-state index contributed by atoms with van der Waals surface area (Å²) in [6.07, 6.45) is 1.46. The third-order valence-corrected chi connectivity index (χ3v) is 7.48. The van der Waals surface area contributed by atoms with Crippen molar-refractivity contribution in [2.24, 2.45) is 0 Å². The Balaban J connectivity index is 1.75. The van der Waals surface area contributed by atoms with E-state index in [2.05, 4.69) is 18.7 Å². The molecular formula is C27H30Cl2N2O4. The summed E-state index contributed by atoms with van der Waals surface area (Å²) in [5.74, 6) is -0.758. The normalized spacial score (nSPS) is 21.0. The van der Waals surface area contributed by atoms with Crippen LogP contribution in [0.25, 0.3) is 5.76 Å². The summed E-state index contributed by atoms with van der Waals surface area (Å²) in [6, 6.07) is 9.62. The lowest BCUT2D eigenvalue weighted by molar-refractivity contribution is -0.140. The first kappa shape index (κ1) is 25.5. The summed E-state index contributed by atoms with van der Waals surface area (Å²) in [5, 5.41) is 12.0. The molecule has 4 rings (SSSR count). The molecule has 0 spiro atoms.